The van der Waals surface area contributed by atoms with E-state index in [1.807, 2.05) is 27.9 Å². The molecule has 1 aliphatic carbocycles. The van der Waals surface area contributed by atoms with E-state index in [9.17, 15) is 0 Å². The summed E-state index contributed by atoms with van der Waals surface area (Å²) in [6, 6.07) is 8.80. The fourth-order valence-corrected chi connectivity index (χ4v) is 1.68. The molecule has 0 saturated heterocycles. The lowest BCUT2D eigenvalue weighted by Gasteiger charge is -2.13. The Morgan fingerprint density at radius 1 is 0.867 bits per heavy atom. The van der Waals surface area contributed by atoms with Crippen molar-refractivity contribution in [2.24, 2.45) is 0 Å². The number of hydrogen-bond acceptors (Lipinski definition) is 1. The number of aryl methyl sites for hydroxylation is 2. The molecule has 1 aliphatic rings. The van der Waals surface area contributed by atoms with Gasteiger partial charge in [0.1, 0.15) is 0 Å². The van der Waals surface area contributed by atoms with Crippen molar-refractivity contribution in [3.05, 3.63) is 35.4 Å². The highest BCUT2D eigenvalue weighted by molar-refractivity contribution is 5.28. The number of rotatable bonds is 0. The van der Waals surface area contributed by atoms with Crippen LogP contribution in [-0.2, 0) is 12.8 Å². The molecule has 0 fully saturated rings. The molecule has 0 heterocycles. The third-order valence-electron chi connectivity index (χ3n) is 2.26. The van der Waals surface area contributed by atoms with Gasteiger partial charge < -0.3 is 5.32 Å². The lowest BCUT2D eigenvalue weighted by molar-refractivity contribution is 0.685. The Labute approximate surface area is 94.9 Å². The lowest BCUT2D eigenvalue weighted by atomic mass is 9.92. The Kier molecular flexibility index (Phi) is 9.19. The molecule has 1 aromatic carbocycles. The zero-order valence-electron chi connectivity index (χ0n) is 10.6. The minimum absolute atomic E-state index is 1.30. The van der Waals surface area contributed by atoms with Crippen molar-refractivity contribution in [2.45, 2.75) is 39.5 Å². The van der Waals surface area contributed by atoms with Crippen LogP contribution in [0.15, 0.2) is 24.3 Å². The smallest absolute Gasteiger partial charge is 0.0167 e. The van der Waals surface area contributed by atoms with Crippen LogP contribution in [0.4, 0.5) is 0 Å². The van der Waals surface area contributed by atoms with E-state index in [1.165, 1.54) is 25.7 Å². The number of fused-ring (bicyclic) bond motifs is 1. The van der Waals surface area contributed by atoms with E-state index in [4.69, 9.17) is 0 Å². The summed E-state index contributed by atoms with van der Waals surface area (Å²) < 4.78 is 0. The van der Waals surface area contributed by atoms with Gasteiger partial charge in [0.2, 0.25) is 0 Å². The van der Waals surface area contributed by atoms with E-state index in [-0.39, 0.29) is 0 Å². The van der Waals surface area contributed by atoms with Crippen molar-refractivity contribution >= 4 is 0 Å². The van der Waals surface area contributed by atoms with Crippen molar-refractivity contribution in [2.75, 3.05) is 14.1 Å². The molecule has 0 bridgehead atoms. The Balaban J connectivity index is 0.000000342. The van der Waals surface area contributed by atoms with E-state index >= 15 is 0 Å². The highest BCUT2D eigenvalue weighted by Crippen LogP contribution is 2.19. The largest absolute Gasteiger partial charge is 0.323 e. The van der Waals surface area contributed by atoms with Gasteiger partial charge in [0, 0.05) is 0 Å². The maximum atomic E-state index is 2.75. The molecular formula is C14H25N. The standard InChI is InChI=1S/C10H12.C2H7N.C2H6/c1-2-6-10-8-4-3-7-9(10)5-1;1-3-2;1-2/h1-2,5-6H,3-4,7-8H2;3H,1-2H3;1-2H3. The van der Waals surface area contributed by atoms with Gasteiger partial charge in [0.25, 0.3) is 0 Å². The monoisotopic (exact) mass is 207 g/mol. The quantitative estimate of drug-likeness (QED) is 0.687. The molecule has 15 heavy (non-hydrogen) atoms. The van der Waals surface area contributed by atoms with Gasteiger partial charge in [0.15, 0.2) is 0 Å². The normalized spacial score (nSPS) is 12.5. The molecule has 0 saturated carbocycles. The van der Waals surface area contributed by atoms with Gasteiger partial charge in [-0.3, -0.25) is 0 Å². The van der Waals surface area contributed by atoms with Crippen LogP contribution in [0.1, 0.15) is 37.8 Å². The first-order valence-corrected chi connectivity index (χ1v) is 6.03. The molecule has 0 radical (unpaired) electrons. The maximum absolute atomic E-state index is 2.75. The van der Waals surface area contributed by atoms with Crippen LogP contribution < -0.4 is 5.32 Å². The molecule has 1 nitrogen and oxygen atoms in total. The van der Waals surface area contributed by atoms with E-state index in [1.54, 1.807) is 11.1 Å². The summed E-state index contributed by atoms with van der Waals surface area (Å²) >= 11 is 0. The summed E-state index contributed by atoms with van der Waals surface area (Å²) in [7, 11) is 3.75. The van der Waals surface area contributed by atoms with Crippen molar-refractivity contribution in [3.8, 4) is 0 Å². The van der Waals surface area contributed by atoms with Crippen LogP contribution >= 0.6 is 0 Å². The Bertz CT molecular complexity index is 218. The van der Waals surface area contributed by atoms with Crippen molar-refractivity contribution in [3.63, 3.8) is 0 Å². The molecule has 0 amide bonds. The summed E-state index contributed by atoms with van der Waals surface area (Å²) in [5, 5.41) is 2.75. The molecule has 1 aromatic rings. The van der Waals surface area contributed by atoms with Gasteiger partial charge in [-0.05, 0) is 50.9 Å². The SMILES string of the molecule is CC.CNC.c1ccc2c(c1)CCCC2. The minimum atomic E-state index is 1.30. The third kappa shape index (κ3) is 5.58. The summed E-state index contributed by atoms with van der Waals surface area (Å²) in [4.78, 5) is 0. The molecule has 2 rings (SSSR count). The molecule has 1 heteroatoms. The zero-order valence-corrected chi connectivity index (χ0v) is 10.6. The fraction of sp³-hybridized carbons (Fsp3) is 0.571. The van der Waals surface area contributed by atoms with Crippen LogP contribution in [-0.4, -0.2) is 14.1 Å². The van der Waals surface area contributed by atoms with E-state index in [0.29, 0.717) is 0 Å². The average Bonchev–Trinajstić information content (AvgIpc) is 2.33. The Hall–Kier alpha value is -0.820. The highest BCUT2D eigenvalue weighted by Gasteiger charge is 2.05. The molecule has 1 N–H and O–H groups in total. The first kappa shape index (κ1) is 14.2. The van der Waals surface area contributed by atoms with Gasteiger partial charge in [-0.2, -0.15) is 0 Å². The second-order valence-electron chi connectivity index (χ2n) is 3.48. The second-order valence-corrected chi connectivity index (χ2v) is 3.48. The first-order chi connectivity index (χ1) is 7.38. The van der Waals surface area contributed by atoms with Gasteiger partial charge in [-0.1, -0.05) is 38.1 Å². The van der Waals surface area contributed by atoms with Crippen molar-refractivity contribution in [1.29, 1.82) is 0 Å². The highest BCUT2D eigenvalue weighted by atomic mass is 14.7. The topological polar surface area (TPSA) is 12.0 Å². The van der Waals surface area contributed by atoms with Crippen molar-refractivity contribution < 1.29 is 0 Å². The maximum Gasteiger partial charge on any atom is -0.0167 e. The number of nitrogens with one attached hydrogen (secondary N) is 1. The summed E-state index contributed by atoms with van der Waals surface area (Å²) in [6.07, 6.45) is 5.38. The molecular weight excluding hydrogens is 182 g/mol. The Morgan fingerprint density at radius 2 is 1.20 bits per heavy atom. The van der Waals surface area contributed by atoms with E-state index in [2.05, 4.69) is 29.6 Å². The predicted octanol–water partition coefficient (Wildman–Crippen LogP) is 3.43. The van der Waals surface area contributed by atoms with E-state index in [0.717, 1.165) is 0 Å². The average molecular weight is 207 g/mol. The van der Waals surface area contributed by atoms with Crippen LogP contribution in [0, 0.1) is 0 Å². The lowest BCUT2D eigenvalue weighted by Crippen LogP contribution is -2.00. The minimum Gasteiger partial charge on any atom is -0.323 e. The summed E-state index contributed by atoms with van der Waals surface area (Å²) in [5.41, 5.74) is 3.16. The van der Waals surface area contributed by atoms with Gasteiger partial charge >= 0.3 is 0 Å². The van der Waals surface area contributed by atoms with Crippen molar-refractivity contribution in [1.82, 2.24) is 5.32 Å². The predicted molar refractivity (Wildman–Crippen MR) is 69.4 cm³/mol. The van der Waals surface area contributed by atoms with Gasteiger partial charge in [0.05, 0.1) is 0 Å². The molecule has 0 atom stereocenters. The molecule has 86 valence electrons. The molecule has 0 unspecified atom stereocenters. The second kappa shape index (κ2) is 9.72. The fourth-order valence-electron chi connectivity index (χ4n) is 1.68. The van der Waals surface area contributed by atoms with Gasteiger partial charge in [-0.25, -0.2) is 0 Å². The third-order valence-corrected chi connectivity index (χ3v) is 2.26. The number of benzene rings is 1. The Morgan fingerprint density at radius 3 is 1.53 bits per heavy atom. The van der Waals surface area contributed by atoms with Crippen LogP contribution in [0.3, 0.4) is 0 Å². The number of hydrogen-bond donors (Lipinski definition) is 1. The summed E-state index contributed by atoms with van der Waals surface area (Å²) in [5.74, 6) is 0. The van der Waals surface area contributed by atoms with Crippen LogP contribution in [0.5, 0.6) is 0 Å². The summed E-state index contributed by atoms with van der Waals surface area (Å²) in [6.45, 7) is 4.00. The molecule has 0 aromatic heterocycles. The zero-order chi connectivity index (χ0) is 11.5. The molecule has 0 aliphatic heterocycles. The first-order valence-electron chi connectivity index (χ1n) is 6.03. The van der Waals surface area contributed by atoms with Crippen LogP contribution in [0.2, 0.25) is 0 Å². The van der Waals surface area contributed by atoms with Gasteiger partial charge in [-0.15, -0.1) is 0 Å². The molecule has 0 spiro atoms. The van der Waals surface area contributed by atoms with Crippen LogP contribution in [0.25, 0.3) is 0 Å². The van der Waals surface area contributed by atoms with E-state index < -0.39 is 0 Å².